The van der Waals surface area contributed by atoms with Gasteiger partial charge >= 0.3 is 0 Å². The van der Waals surface area contributed by atoms with Crippen molar-refractivity contribution in [1.29, 1.82) is 0 Å². The first kappa shape index (κ1) is 21.8. The van der Waals surface area contributed by atoms with Crippen LogP contribution in [0.3, 0.4) is 0 Å². The van der Waals surface area contributed by atoms with E-state index in [2.05, 4.69) is 24.8 Å². The predicted molar refractivity (Wildman–Crippen MR) is 119 cm³/mol. The van der Waals surface area contributed by atoms with Crippen LogP contribution in [0, 0.1) is 11.7 Å². The number of amides is 1. The maximum Gasteiger partial charge on any atom is 0.241 e. The summed E-state index contributed by atoms with van der Waals surface area (Å²) >= 11 is 0. The van der Waals surface area contributed by atoms with Crippen molar-refractivity contribution in [3.05, 3.63) is 59.9 Å². The van der Waals surface area contributed by atoms with E-state index in [0.717, 1.165) is 12.1 Å². The van der Waals surface area contributed by atoms with Crippen LogP contribution >= 0.6 is 0 Å². The van der Waals surface area contributed by atoms with E-state index in [4.69, 9.17) is 4.74 Å². The molecule has 2 atom stereocenters. The molecule has 1 saturated heterocycles. The molecule has 0 unspecified atom stereocenters. The molecule has 2 aliphatic heterocycles. The van der Waals surface area contributed by atoms with Gasteiger partial charge in [0.2, 0.25) is 5.91 Å². The Morgan fingerprint density at radius 3 is 2.68 bits per heavy atom. The number of hydrogen-bond donors (Lipinski definition) is 1. The lowest BCUT2D eigenvalue weighted by molar-refractivity contribution is -0.130. The van der Waals surface area contributed by atoms with Gasteiger partial charge in [-0.2, -0.15) is 0 Å². The molecule has 0 saturated carbocycles. The number of hydrogen-bond acceptors (Lipinski definition) is 4. The quantitative estimate of drug-likeness (QED) is 0.766. The van der Waals surface area contributed by atoms with Crippen molar-refractivity contribution in [1.82, 2.24) is 4.90 Å². The Balaban J connectivity index is 1.46. The topological polar surface area (TPSA) is 53.0 Å². The van der Waals surface area contributed by atoms with Gasteiger partial charge in [-0.1, -0.05) is 32.0 Å². The average molecular weight is 427 g/mol. The highest BCUT2D eigenvalue weighted by Crippen LogP contribution is 2.33. The average Bonchev–Trinajstić information content (AvgIpc) is 3.16. The van der Waals surface area contributed by atoms with E-state index >= 15 is 0 Å². The van der Waals surface area contributed by atoms with Gasteiger partial charge in [-0.25, -0.2) is 4.39 Å². The van der Waals surface area contributed by atoms with Gasteiger partial charge in [0, 0.05) is 25.3 Å². The zero-order chi connectivity index (χ0) is 22.0. The largest absolute Gasteiger partial charge is 0.486 e. The Labute approximate surface area is 183 Å². The molecule has 2 aromatic rings. The minimum Gasteiger partial charge on any atom is -0.486 e. The SMILES string of the molecule is CC(C)C[C@]1(O)CCN(CC(=O)N2CCc3ccccc32)C[C@@H]1Oc1ccc(F)cc1. The first-order chi connectivity index (χ1) is 14.8. The Hall–Kier alpha value is -2.44. The van der Waals surface area contributed by atoms with E-state index in [1.54, 1.807) is 12.1 Å². The first-order valence-electron chi connectivity index (χ1n) is 11.1. The van der Waals surface area contributed by atoms with E-state index in [9.17, 15) is 14.3 Å². The van der Waals surface area contributed by atoms with E-state index in [0.29, 0.717) is 44.1 Å². The van der Waals surface area contributed by atoms with Crippen molar-refractivity contribution < 1.29 is 19.0 Å². The molecule has 4 rings (SSSR count). The van der Waals surface area contributed by atoms with Crippen LogP contribution in [0.25, 0.3) is 0 Å². The van der Waals surface area contributed by atoms with Crippen LogP contribution in [0.4, 0.5) is 10.1 Å². The number of fused-ring (bicyclic) bond motifs is 1. The number of carbonyl (C=O) groups is 1. The summed E-state index contributed by atoms with van der Waals surface area (Å²) in [4.78, 5) is 17.0. The fraction of sp³-hybridized carbons (Fsp3) is 0.480. The van der Waals surface area contributed by atoms with E-state index < -0.39 is 11.7 Å². The number of aliphatic hydroxyl groups is 1. The zero-order valence-corrected chi connectivity index (χ0v) is 18.3. The molecular weight excluding hydrogens is 395 g/mol. The molecule has 6 heteroatoms. The Bertz CT molecular complexity index is 917. The summed E-state index contributed by atoms with van der Waals surface area (Å²) in [6.07, 6.45) is 1.53. The van der Waals surface area contributed by atoms with Gasteiger partial charge < -0.3 is 14.7 Å². The minimum absolute atomic E-state index is 0.0692. The van der Waals surface area contributed by atoms with Crippen LogP contribution in [0.2, 0.25) is 0 Å². The standard InChI is InChI=1S/C25H31FN2O3/c1-18(2)15-25(30)12-14-27(16-23(25)31-21-9-7-20(26)8-10-21)17-24(29)28-13-11-19-5-3-4-6-22(19)28/h3-10,18,23,30H,11-17H2,1-2H3/t23-,25+/m0/s1. The van der Waals surface area contributed by atoms with Gasteiger partial charge in [-0.3, -0.25) is 9.69 Å². The number of halogens is 1. The van der Waals surface area contributed by atoms with Gasteiger partial charge in [-0.15, -0.1) is 0 Å². The summed E-state index contributed by atoms with van der Waals surface area (Å²) in [7, 11) is 0. The summed E-state index contributed by atoms with van der Waals surface area (Å²) in [5.41, 5.74) is 1.22. The number of anilines is 1. The van der Waals surface area contributed by atoms with Crippen LogP contribution in [0.1, 0.15) is 32.3 Å². The molecule has 5 nitrogen and oxygen atoms in total. The highest BCUT2D eigenvalue weighted by Gasteiger charge is 2.44. The summed E-state index contributed by atoms with van der Waals surface area (Å²) in [6.45, 7) is 6.23. The molecule has 2 aromatic carbocycles. The molecule has 2 heterocycles. The second-order valence-corrected chi connectivity index (χ2v) is 9.17. The van der Waals surface area contributed by atoms with Gasteiger partial charge in [0.25, 0.3) is 0 Å². The predicted octanol–water partition coefficient (Wildman–Crippen LogP) is 3.65. The van der Waals surface area contributed by atoms with E-state index in [1.807, 2.05) is 23.1 Å². The van der Waals surface area contributed by atoms with Gasteiger partial charge in [0.05, 0.1) is 6.54 Å². The second-order valence-electron chi connectivity index (χ2n) is 9.17. The van der Waals surface area contributed by atoms with Crippen LogP contribution < -0.4 is 9.64 Å². The molecule has 0 radical (unpaired) electrons. The molecule has 0 aliphatic carbocycles. The van der Waals surface area contributed by atoms with Crippen LogP contribution in [0.15, 0.2) is 48.5 Å². The second kappa shape index (κ2) is 8.97. The Morgan fingerprint density at radius 1 is 1.19 bits per heavy atom. The van der Waals surface area contributed by atoms with Crippen molar-refractivity contribution >= 4 is 11.6 Å². The molecule has 2 aliphatic rings. The molecule has 0 spiro atoms. The number of ether oxygens (including phenoxy) is 1. The van der Waals surface area contributed by atoms with Crippen LogP contribution in [0.5, 0.6) is 5.75 Å². The number of carbonyl (C=O) groups excluding carboxylic acids is 1. The molecule has 1 amide bonds. The maximum absolute atomic E-state index is 13.3. The minimum atomic E-state index is -0.984. The number of piperidine rings is 1. The van der Waals surface area contributed by atoms with Crippen LogP contribution in [-0.4, -0.2) is 53.8 Å². The fourth-order valence-corrected chi connectivity index (χ4v) is 4.79. The molecule has 1 N–H and O–H groups in total. The third-order valence-corrected chi connectivity index (χ3v) is 6.29. The molecular formula is C25H31FN2O3. The lowest BCUT2D eigenvalue weighted by Gasteiger charge is -2.45. The molecule has 0 bridgehead atoms. The smallest absolute Gasteiger partial charge is 0.241 e. The maximum atomic E-state index is 13.3. The van der Waals surface area contributed by atoms with Crippen molar-refractivity contribution in [2.45, 2.75) is 44.8 Å². The van der Waals surface area contributed by atoms with Crippen molar-refractivity contribution in [3.8, 4) is 5.75 Å². The molecule has 0 aromatic heterocycles. The van der Waals surface area contributed by atoms with Crippen molar-refractivity contribution in [2.75, 3.05) is 31.1 Å². The monoisotopic (exact) mass is 426 g/mol. The lowest BCUT2D eigenvalue weighted by Crippen LogP contribution is -2.59. The lowest BCUT2D eigenvalue weighted by atomic mass is 9.81. The number of likely N-dealkylation sites (tertiary alicyclic amines) is 1. The molecule has 1 fully saturated rings. The Morgan fingerprint density at radius 2 is 1.94 bits per heavy atom. The molecule has 31 heavy (non-hydrogen) atoms. The Kier molecular flexibility index (Phi) is 6.30. The first-order valence-corrected chi connectivity index (χ1v) is 11.1. The van der Waals surface area contributed by atoms with Gasteiger partial charge in [0.1, 0.15) is 23.3 Å². The van der Waals surface area contributed by atoms with Crippen molar-refractivity contribution in [3.63, 3.8) is 0 Å². The van der Waals surface area contributed by atoms with Gasteiger partial charge in [0.15, 0.2) is 0 Å². The number of para-hydroxylation sites is 1. The van der Waals surface area contributed by atoms with Crippen LogP contribution in [-0.2, 0) is 11.2 Å². The number of rotatable bonds is 6. The fourth-order valence-electron chi connectivity index (χ4n) is 4.79. The number of nitrogens with zero attached hydrogens (tertiary/aromatic N) is 2. The molecule has 166 valence electrons. The highest BCUT2D eigenvalue weighted by molar-refractivity contribution is 5.96. The summed E-state index contributed by atoms with van der Waals surface area (Å²) in [5, 5.41) is 11.4. The summed E-state index contributed by atoms with van der Waals surface area (Å²) in [5.74, 6) is 0.570. The summed E-state index contributed by atoms with van der Waals surface area (Å²) < 4.78 is 19.4. The third kappa shape index (κ3) is 4.91. The summed E-state index contributed by atoms with van der Waals surface area (Å²) in [6, 6.07) is 13.9. The zero-order valence-electron chi connectivity index (χ0n) is 18.3. The van der Waals surface area contributed by atoms with Crippen molar-refractivity contribution in [2.24, 2.45) is 5.92 Å². The third-order valence-electron chi connectivity index (χ3n) is 6.29. The highest BCUT2D eigenvalue weighted by atomic mass is 19.1. The van der Waals surface area contributed by atoms with E-state index in [1.165, 1.54) is 17.7 Å². The normalized spacial score (nSPS) is 23.8. The number of benzene rings is 2. The van der Waals surface area contributed by atoms with Gasteiger partial charge in [-0.05, 0) is 61.1 Å². The van der Waals surface area contributed by atoms with E-state index in [-0.39, 0.29) is 18.3 Å².